The van der Waals surface area contributed by atoms with Crippen LogP contribution in [0.3, 0.4) is 0 Å². The Morgan fingerprint density at radius 1 is 1.14 bits per heavy atom. The molecule has 3 rings (SSSR count). The molecule has 0 saturated carbocycles. The summed E-state index contributed by atoms with van der Waals surface area (Å²) >= 11 is 0. The van der Waals surface area contributed by atoms with Crippen LogP contribution in [-0.2, 0) is 4.79 Å². The zero-order valence-corrected chi connectivity index (χ0v) is 12.5. The third-order valence-electron chi connectivity index (χ3n) is 3.95. The smallest absolute Gasteiger partial charge is 0.312 e. The van der Waals surface area contributed by atoms with Crippen LogP contribution in [0.25, 0.3) is 0 Å². The van der Waals surface area contributed by atoms with Crippen LogP contribution in [0, 0.1) is 13.8 Å². The lowest BCUT2D eigenvalue weighted by Gasteiger charge is -2.27. The predicted octanol–water partition coefficient (Wildman–Crippen LogP) is 3.75. The molecule has 3 heteroatoms. The van der Waals surface area contributed by atoms with E-state index >= 15 is 0 Å². The molecule has 1 aliphatic heterocycles. The zero-order chi connectivity index (χ0) is 15.0. The average molecular weight is 282 g/mol. The van der Waals surface area contributed by atoms with Gasteiger partial charge in [0.15, 0.2) is 0 Å². The first-order valence-corrected chi connectivity index (χ1v) is 7.04. The number of fused-ring (bicyclic) bond motifs is 1. The van der Waals surface area contributed by atoms with Crippen LogP contribution in [0.15, 0.2) is 36.4 Å². The van der Waals surface area contributed by atoms with Crippen molar-refractivity contribution in [2.24, 2.45) is 0 Å². The highest BCUT2D eigenvalue weighted by Gasteiger charge is 2.30. The second kappa shape index (κ2) is 5.24. The zero-order valence-electron chi connectivity index (χ0n) is 12.5. The van der Waals surface area contributed by atoms with Gasteiger partial charge in [-0.2, -0.15) is 0 Å². The molecule has 1 heterocycles. The van der Waals surface area contributed by atoms with Crippen molar-refractivity contribution >= 4 is 5.97 Å². The van der Waals surface area contributed by atoms with Gasteiger partial charge >= 0.3 is 5.97 Å². The lowest BCUT2D eigenvalue weighted by Crippen LogP contribution is -2.22. The van der Waals surface area contributed by atoms with E-state index in [1.54, 1.807) is 7.11 Å². The molecule has 0 aromatic heterocycles. The summed E-state index contributed by atoms with van der Waals surface area (Å²) in [5.41, 5.74) is 4.50. The number of aryl methyl sites for hydroxylation is 2. The SMILES string of the molecule is COc1ccc([C@@H]2CC(=O)Oc3cc(C)cc(C)c32)cc1. The fourth-order valence-electron chi connectivity index (χ4n) is 3.02. The number of esters is 1. The Bertz CT molecular complexity index is 686. The van der Waals surface area contributed by atoms with E-state index in [0.717, 1.165) is 22.4 Å². The lowest BCUT2D eigenvalue weighted by molar-refractivity contribution is -0.135. The number of rotatable bonds is 2. The van der Waals surface area contributed by atoms with Gasteiger partial charge in [-0.15, -0.1) is 0 Å². The van der Waals surface area contributed by atoms with Crippen LogP contribution in [0.1, 0.15) is 34.6 Å². The van der Waals surface area contributed by atoms with Crippen LogP contribution in [-0.4, -0.2) is 13.1 Å². The van der Waals surface area contributed by atoms with Gasteiger partial charge in [-0.05, 0) is 48.7 Å². The van der Waals surface area contributed by atoms with Crippen molar-refractivity contribution in [2.45, 2.75) is 26.2 Å². The van der Waals surface area contributed by atoms with Gasteiger partial charge in [-0.3, -0.25) is 4.79 Å². The third-order valence-corrected chi connectivity index (χ3v) is 3.95. The van der Waals surface area contributed by atoms with E-state index in [-0.39, 0.29) is 11.9 Å². The van der Waals surface area contributed by atoms with E-state index < -0.39 is 0 Å². The summed E-state index contributed by atoms with van der Waals surface area (Å²) in [4.78, 5) is 11.9. The van der Waals surface area contributed by atoms with E-state index in [1.807, 2.05) is 37.3 Å². The highest BCUT2D eigenvalue weighted by atomic mass is 16.5. The fraction of sp³-hybridized carbons (Fsp3) is 0.278. The molecule has 2 aromatic carbocycles. The predicted molar refractivity (Wildman–Crippen MR) is 81.0 cm³/mol. The molecule has 0 aliphatic carbocycles. The van der Waals surface area contributed by atoms with Crippen LogP contribution >= 0.6 is 0 Å². The molecule has 0 radical (unpaired) electrons. The van der Waals surface area contributed by atoms with Gasteiger partial charge in [0.05, 0.1) is 13.5 Å². The minimum absolute atomic E-state index is 0.0488. The molecule has 3 nitrogen and oxygen atoms in total. The number of benzene rings is 2. The van der Waals surface area contributed by atoms with Crippen molar-refractivity contribution in [1.82, 2.24) is 0 Å². The quantitative estimate of drug-likeness (QED) is 0.621. The molecule has 0 saturated heterocycles. The second-order valence-corrected chi connectivity index (χ2v) is 5.50. The maximum Gasteiger partial charge on any atom is 0.312 e. The Kier molecular flexibility index (Phi) is 3.42. The summed E-state index contributed by atoms with van der Waals surface area (Å²) in [5, 5.41) is 0. The largest absolute Gasteiger partial charge is 0.497 e. The molecule has 0 amide bonds. The van der Waals surface area contributed by atoms with Crippen molar-refractivity contribution in [3.05, 3.63) is 58.7 Å². The molecular formula is C18H18O3. The molecule has 21 heavy (non-hydrogen) atoms. The Morgan fingerprint density at radius 2 is 1.86 bits per heavy atom. The Morgan fingerprint density at radius 3 is 2.52 bits per heavy atom. The summed E-state index contributed by atoms with van der Waals surface area (Å²) < 4.78 is 10.6. The molecular weight excluding hydrogens is 264 g/mol. The summed E-state index contributed by atoms with van der Waals surface area (Å²) in [7, 11) is 1.65. The molecule has 0 spiro atoms. The van der Waals surface area contributed by atoms with Gasteiger partial charge in [0.25, 0.3) is 0 Å². The molecule has 108 valence electrons. The second-order valence-electron chi connectivity index (χ2n) is 5.50. The maximum absolute atomic E-state index is 11.9. The van der Waals surface area contributed by atoms with Gasteiger partial charge < -0.3 is 9.47 Å². The van der Waals surface area contributed by atoms with Crippen molar-refractivity contribution in [1.29, 1.82) is 0 Å². The number of ether oxygens (including phenoxy) is 2. The Labute approximate surface area is 124 Å². The van der Waals surface area contributed by atoms with Crippen molar-refractivity contribution in [3.8, 4) is 11.5 Å². The van der Waals surface area contributed by atoms with E-state index in [0.29, 0.717) is 12.2 Å². The third kappa shape index (κ3) is 2.51. The van der Waals surface area contributed by atoms with Crippen molar-refractivity contribution in [3.63, 3.8) is 0 Å². The van der Waals surface area contributed by atoms with Gasteiger partial charge in [0.2, 0.25) is 0 Å². The molecule has 0 unspecified atom stereocenters. The lowest BCUT2D eigenvalue weighted by atomic mass is 9.83. The van der Waals surface area contributed by atoms with Crippen molar-refractivity contribution < 1.29 is 14.3 Å². The number of methoxy groups -OCH3 is 1. The van der Waals surface area contributed by atoms with Crippen LogP contribution in [0.4, 0.5) is 0 Å². The fourth-order valence-corrected chi connectivity index (χ4v) is 3.02. The molecule has 1 aliphatic rings. The number of hydrogen-bond donors (Lipinski definition) is 0. The van der Waals surface area contributed by atoms with Gasteiger partial charge in [0.1, 0.15) is 11.5 Å². The molecule has 0 fully saturated rings. The first-order valence-electron chi connectivity index (χ1n) is 7.04. The number of carbonyl (C=O) groups excluding carboxylic acids is 1. The first kappa shape index (κ1) is 13.7. The van der Waals surface area contributed by atoms with Crippen LogP contribution in [0.2, 0.25) is 0 Å². The van der Waals surface area contributed by atoms with Crippen molar-refractivity contribution in [2.75, 3.05) is 7.11 Å². The summed E-state index contributed by atoms with van der Waals surface area (Å²) in [5.74, 6) is 1.39. The normalized spacial score (nSPS) is 17.1. The Balaban J connectivity index is 2.09. The van der Waals surface area contributed by atoms with E-state index in [1.165, 1.54) is 5.56 Å². The van der Waals surface area contributed by atoms with Gasteiger partial charge in [-0.1, -0.05) is 18.2 Å². The van der Waals surface area contributed by atoms with Crippen LogP contribution in [0.5, 0.6) is 11.5 Å². The van der Waals surface area contributed by atoms with Gasteiger partial charge in [0, 0.05) is 11.5 Å². The Hall–Kier alpha value is -2.29. The highest BCUT2D eigenvalue weighted by Crippen LogP contribution is 2.41. The van der Waals surface area contributed by atoms with E-state index in [4.69, 9.17) is 9.47 Å². The monoisotopic (exact) mass is 282 g/mol. The summed E-state index contributed by atoms with van der Waals surface area (Å²) in [6, 6.07) is 12.0. The highest BCUT2D eigenvalue weighted by molar-refractivity contribution is 5.78. The minimum Gasteiger partial charge on any atom is -0.497 e. The standard InChI is InChI=1S/C18H18O3/c1-11-8-12(2)18-15(10-17(19)21-16(18)9-11)13-4-6-14(20-3)7-5-13/h4-9,15H,10H2,1-3H3/t15-/m0/s1. The number of carbonyl (C=O) groups is 1. The van der Waals surface area contributed by atoms with E-state index in [9.17, 15) is 4.79 Å². The van der Waals surface area contributed by atoms with E-state index in [2.05, 4.69) is 13.0 Å². The minimum atomic E-state index is -0.173. The summed E-state index contributed by atoms with van der Waals surface area (Å²) in [6.45, 7) is 4.08. The maximum atomic E-state index is 11.9. The first-order chi connectivity index (χ1) is 10.1. The van der Waals surface area contributed by atoms with Crippen LogP contribution < -0.4 is 9.47 Å². The summed E-state index contributed by atoms with van der Waals surface area (Å²) in [6.07, 6.45) is 0.378. The molecule has 2 aromatic rings. The molecule has 1 atom stereocenters. The molecule has 0 N–H and O–H groups in total. The topological polar surface area (TPSA) is 35.5 Å². The number of hydrogen-bond acceptors (Lipinski definition) is 3. The average Bonchev–Trinajstić information content (AvgIpc) is 2.45. The molecule has 0 bridgehead atoms. The van der Waals surface area contributed by atoms with Gasteiger partial charge in [-0.25, -0.2) is 0 Å².